The molecule has 2 aliphatic carbocycles. The molecule has 0 aromatic carbocycles. The van der Waals surface area contributed by atoms with Crippen LogP contribution in [0.2, 0.25) is 0 Å². The van der Waals surface area contributed by atoms with Crippen LogP contribution >= 0.6 is 0 Å². The van der Waals surface area contributed by atoms with Gasteiger partial charge >= 0.3 is 0 Å². The highest BCUT2D eigenvalue weighted by Gasteiger charge is 2.85. The number of nitrogens with zero attached hydrogens (tertiary/aromatic N) is 4. The van der Waals surface area contributed by atoms with E-state index in [9.17, 15) is 9.18 Å². The van der Waals surface area contributed by atoms with Gasteiger partial charge in [0.05, 0.1) is 23.3 Å². The van der Waals surface area contributed by atoms with Gasteiger partial charge in [-0.1, -0.05) is 13.8 Å². The standard InChI is InChI=1S/C21H27FN6O/c1-12(2)18-19(29)26-17-13(3)25-16(5-15(17)27(18)4)23-6-14-7-24-28(8-14)11-20-9-21(20,22)10-20/h5,7-8,12,18H,6,9-11H2,1-4H3,(H,23,25)(H,26,29). The van der Waals surface area contributed by atoms with Crippen molar-refractivity contribution in [1.29, 1.82) is 0 Å². The molecule has 0 radical (unpaired) electrons. The van der Waals surface area contributed by atoms with Crippen LogP contribution in [0.1, 0.15) is 37.9 Å². The first-order valence-electron chi connectivity index (χ1n) is 10.2. The van der Waals surface area contributed by atoms with Crippen LogP contribution in [0, 0.1) is 18.3 Å². The number of aryl methyl sites for hydroxylation is 1. The SMILES string of the molecule is Cc1nc(NCc2cnn(CC34CC3(F)C4)c2)cc2c1NC(=O)C(C(C)C)N2C. The minimum Gasteiger partial charge on any atom is -0.366 e. The molecular weight excluding hydrogens is 371 g/mol. The Morgan fingerprint density at radius 1 is 1.41 bits per heavy atom. The second-order valence-electron chi connectivity index (χ2n) is 9.27. The number of nitrogens with one attached hydrogen (secondary N) is 2. The molecule has 2 N–H and O–H groups in total. The van der Waals surface area contributed by atoms with Gasteiger partial charge in [0.1, 0.15) is 17.5 Å². The highest BCUT2D eigenvalue weighted by Crippen LogP contribution is 2.81. The largest absolute Gasteiger partial charge is 0.366 e. The quantitative estimate of drug-likeness (QED) is 0.782. The molecule has 1 aliphatic heterocycles. The summed E-state index contributed by atoms with van der Waals surface area (Å²) >= 11 is 0. The van der Waals surface area contributed by atoms with Gasteiger partial charge in [0, 0.05) is 43.4 Å². The molecule has 0 spiro atoms. The summed E-state index contributed by atoms with van der Waals surface area (Å²) < 4.78 is 15.7. The molecule has 29 heavy (non-hydrogen) atoms. The molecule has 1 atom stereocenters. The van der Waals surface area contributed by atoms with Crippen molar-refractivity contribution in [2.24, 2.45) is 11.3 Å². The molecule has 2 fully saturated rings. The van der Waals surface area contributed by atoms with Gasteiger partial charge < -0.3 is 15.5 Å². The number of fused-ring (bicyclic) bond motifs is 2. The molecule has 5 rings (SSSR count). The van der Waals surface area contributed by atoms with E-state index < -0.39 is 5.67 Å². The van der Waals surface area contributed by atoms with E-state index in [4.69, 9.17) is 0 Å². The minimum atomic E-state index is -0.892. The number of aromatic nitrogens is 3. The number of amides is 1. The average molecular weight is 398 g/mol. The van der Waals surface area contributed by atoms with E-state index in [1.807, 2.05) is 55.9 Å². The Hall–Kier alpha value is -2.64. The Morgan fingerprint density at radius 3 is 2.79 bits per heavy atom. The number of pyridine rings is 1. The van der Waals surface area contributed by atoms with Crippen LogP contribution < -0.4 is 15.5 Å². The number of carbonyl (C=O) groups is 1. The van der Waals surface area contributed by atoms with E-state index >= 15 is 0 Å². The Kier molecular flexibility index (Phi) is 3.76. The van der Waals surface area contributed by atoms with Crippen LogP contribution in [-0.2, 0) is 17.9 Å². The van der Waals surface area contributed by atoms with Gasteiger partial charge in [-0.05, 0) is 25.7 Å². The van der Waals surface area contributed by atoms with E-state index in [0.29, 0.717) is 25.9 Å². The average Bonchev–Trinajstić information content (AvgIpc) is 3.26. The zero-order valence-electron chi connectivity index (χ0n) is 17.3. The van der Waals surface area contributed by atoms with E-state index in [2.05, 4.69) is 20.7 Å². The Bertz CT molecular complexity index is 993. The number of hydrogen-bond donors (Lipinski definition) is 2. The van der Waals surface area contributed by atoms with Crippen molar-refractivity contribution in [1.82, 2.24) is 14.8 Å². The fraction of sp³-hybridized carbons (Fsp3) is 0.571. The summed E-state index contributed by atoms with van der Waals surface area (Å²) in [6.45, 7) is 7.25. The molecule has 0 saturated heterocycles. The van der Waals surface area contributed by atoms with Gasteiger partial charge in [-0.3, -0.25) is 9.48 Å². The maximum Gasteiger partial charge on any atom is 0.247 e. The van der Waals surface area contributed by atoms with Crippen molar-refractivity contribution in [3.8, 4) is 0 Å². The van der Waals surface area contributed by atoms with Gasteiger partial charge in [0.15, 0.2) is 0 Å². The monoisotopic (exact) mass is 398 g/mol. The normalized spacial score (nSPS) is 29.4. The van der Waals surface area contributed by atoms with Crippen LogP contribution in [0.25, 0.3) is 0 Å². The Balaban J connectivity index is 1.29. The third-order valence-corrected chi connectivity index (χ3v) is 6.69. The van der Waals surface area contributed by atoms with E-state index in [1.54, 1.807) is 0 Å². The lowest BCUT2D eigenvalue weighted by Crippen LogP contribution is -2.49. The number of halogens is 1. The van der Waals surface area contributed by atoms with Gasteiger partial charge in [-0.15, -0.1) is 0 Å². The van der Waals surface area contributed by atoms with Crippen LogP contribution in [0.5, 0.6) is 0 Å². The number of anilines is 3. The molecule has 1 unspecified atom stereocenters. The zero-order valence-corrected chi connectivity index (χ0v) is 17.3. The van der Waals surface area contributed by atoms with Crippen molar-refractivity contribution < 1.29 is 9.18 Å². The minimum absolute atomic E-state index is 0.0103. The number of likely N-dealkylation sites (N-methyl/N-ethyl adjacent to an activating group) is 1. The highest BCUT2D eigenvalue weighted by molar-refractivity contribution is 6.04. The topological polar surface area (TPSA) is 75.1 Å². The van der Waals surface area contributed by atoms with Crippen molar-refractivity contribution >= 4 is 23.1 Å². The summed E-state index contributed by atoms with van der Waals surface area (Å²) in [6, 6.07) is 1.77. The third kappa shape index (κ3) is 2.88. The van der Waals surface area contributed by atoms with Crippen LogP contribution in [0.15, 0.2) is 18.5 Å². The van der Waals surface area contributed by atoms with Crippen LogP contribution in [0.4, 0.5) is 21.6 Å². The number of hydrogen-bond acceptors (Lipinski definition) is 5. The fourth-order valence-corrected chi connectivity index (χ4v) is 4.72. The van der Waals surface area contributed by atoms with E-state index in [-0.39, 0.29) is 23.3 Å². The summed E-state index contributed by atoms with van der Waals surface area (Å²) in [5.41, 5.74) is 2.54. The third-order valence-electron chi connectivity index (χ3n) is 6.69. The summed E-state index contributed by atoms with van der Waals surface area (Å²) in [7, 11) is 1.95. The lowest BCUT2D eigenvalue weighted by Gasteiger charge is -2.38. The number of alkyl halides is 1. The van der Waals surface area contributed by atoms with Crippen molar-refractivity contribution in [3.05, 3.63) is 29.7 Å². The summed E-state index contributed by atoms with van der Waals surface area (Å²) in [6.07, 6.45) is 5.17. The molecule has 3 heterocycles. The smallest absolute Gasteiger partial charge is 0.247 e. The molecule has 0 bridgehead atoms. The molecule has 154 valence electrons. The lowest BCUT2D eigenvalue weighted by atomic mass is 9.98. The predicted molar refractivity (Wildman–Crippen MR) is 110 cm³/mol. The summed E-state index contributed by atoms with van der Waals surface area (Å²) in [5.74, 6) is 0.964. The maximum atomic E-state index is 13.8. The lowest BCUT2D eigenvalue weighted by molar-refractivity contribution is -0.118. The van der Waals surface area contributed by atoms with Gasteiger partial charge in [0.2, 0.25) is 5.91 Å². The first kappa shape index (κ1) is 18.4. The molecule has 2 aromatic heterocycles. The second kappa shape index (κ2) is 5.93. The molecule has 8 heteroatoms. The maximum absolute atomic E-state index is 13.8. The first-order valence-corrected chi connectivity index (χ1v) is 10.2. The van der Waals surface area contributed by atoms with Crippen molar-refractivity contribution in [2.75, 3.05) is 22.6 Å². The number of rotatable bonds is 6. The van der Waals surface area contributed by atoms with E-state index in [1.165, 1.54) is 0 Å². The molecule has 7 nitrogen and oxygen atoms in total. The summed E-state index contributed by atoms with van der Waals surface area (Å²) in [4.78, 5) is 19.1. The van der Waals surface area contributed by atoms with E-state index in [0.717, 1.165) is 28.5 Å². The van der Waals surface area contributed by atoms with Crippen LogP contribution in [0.3, 0.4) is 0 Å². The number of carbonyl (C=O) groups excluding carboxylic acids is 1. The molecule has 3 aliphatic rings. The first-order chi connectivity index (χ1) is 13.7. The Morgan fingerprint density at radius 2 is 2.14 bits per heavy atom. The van der Waals surface area contributed by atoms with Gasteiger partial charge in [0.25, 0.3) is 0 Å². The fourth-order valence-electron chi connectivity index (χ4n) is 4.72. The zero-order chi connectivity index (χ0) is 20.6. The predicted octanol–water partition coefficient (Wildman–Crippen LogP) is 3.11. The van der Waals surface area contributed by atoms with Crippen molar-refractivity contribution in [3.63, 3.8) is 0 Å². The van der Waals surface area contributed by atoms with Gasteiger partial charge in [-0.25, -0.2) is 9.37 Å². The second-order valence-corrected chi connectivity index (χ2v) is 9.27. The molecular formula is C21H27FN6O. The van der Waals surface area contributed by atoms with Crippen molar-refractivity contribution in [2.45, 2.75) is 58.4 Å². The van der Waals surface area contributed by atoms with Gasteiger partial charge in [-0.2, -0.15) is 5.10 Å². The molecule has 2 saturated carbocycles. The highest BCUT2D eigenvalue weighted by atomic mass is 19.1. The summed E-state index contributed by atoms with van der Waals surface area (Å²) in [5, 5.41) is 10.8. The molecule has 2 aromatic rings. The Labute approximate surface area is 169 Å². The molecule has 1 amide bonds. The van der Waals surface area contributed by atoms with Crippen LogP contribution in [-0.4, -0.2) is 39.4 Å².